The number of benzene rings is 1. The van der Waals surface area contributed by atoms with Crippen molar-refractivity contribution in [3.63, 3.8) is 0 Å². The molecule has 0 saturated carbocycles. The maximum absolute atomic E-state index is 13.5. The molecule has 2 aromatic heterocycles. The molecule has 1 aromatic carbocycles. The third-order valence-electron chi connectivity index (χ3n) is 7.18. The van der Waals surface area contributed by atoms with Gasteiger partial charge in [0.25, 0.3) is 0 Å². The van der Waals surface area contributed by atoms with E-state index in [9.17, 15) is 19.2 Å². The molecule has 2 atom stereocenters. The minimum Gasteiger partial charge on any atom is -0.345 e. The van der Waals surface area contributed by atoms with Gasteiger partial charge >= 0.3 is 0 Å². The Morgan fingerprint density at radius 1 is 1.02 bits per heavy atom. The number of nitrogens with zero attached hydrogens (tertiary/aromatic N) is 5. The molecule has 42 heavy (non-hydrogen) atoms. The van der Waals surface area contributed by atoms with Gasteiger partial charge in [-0.3, -0.25) is 19.2 Å². The summed E-state index contributed by atoms with van der Waals surface area (Å²) in [7, 11) is 0. The average molecular weight is 594 g/mol. The number of hydrogen-bond acceptors (Lipinski definition) is 7. The quantitative estimate of drug-likeness (QED) is 0.430. The maximum Gasteiger partial charge on any atom is 0.243 e. The zero-order chi connectivity index (χ0) is 30.1. The summed E-state index contributed by atoms with van der Waals surface area (Å²) in [5.74, 6) is 1.21. The van der Waals surface area contributed by atoms with E-state index in [1.54, 1.807) is 38.3 Å². The molecule has 0 spiro atoms. The van der Waals surface area contributed by atoms with Gasteiger partial charge in [0.15, 0.2) is 17.1 Å². The van der Waals surface area contributed by atoms with Crippen molar-refractivity contribution >= 4 is 29.5 Å². The van der Waals surface area contributed by atoms with Crippen LogP contribution in [0.2, 0.25) is 0 Å². The fraction of sp³-hybridized carbons (Fsp3) is 0.467. The molecule has 3 amide bonds. The number of fused-ring (bicyclic) bond motifs is 1. The SMILES string of the molecule is CSCC[C@@H]1NC(=O)CCCN(C(=O)Cn2ccc(=O)cc2)CCn2nc(-c3ccccc3)nc2[C@@H](C(C)C)NC1=O. The third kappa shape index (κ3) is 8.31. The molecule has 12 heteroatoms. The van der Waals surface area contributed by atoms with E-state index in [1.165, 1.54) is 12.1 Å². The van der Waals surface area contributed by atoms with E-state index in [1.807, 2.05) is 50.4 Å². The Bertz CT molecular complexity index is 1400. The van der Waals surface area contributed by atoms with E-state index in [0.29, 0.717) is 49.9 Å². The van der Waals surface area contributed by atoms with Gasteiger partial charge in [-0.15, -0.1) is 0 Å². The molecule has 0 radical (unpaired) electrons. The lowest BCUT2D eigenvalue weighted by molar-refractivity contribution is -0.133. The molecular weight excluding hydrogens is 554 g/mol. The van der Waals surface area contributed by atoms with Crippen LogP contribution in [0.5, 0.6) is 0 Å². The summed E-state index contributed by atoms with van der Waals surface area (Å²) in [6, 6.07) is 11.3. The van der Waals surface area contributed by atoms with Crippen molar-refractivity contribution in [1.82, 2.24) is 34.9 Å². The standard InChI is InChI=1S/C30H39N7O4S/c1-21(2)27-29-33-28(22-8-5-4-6-9-22)34-37(29)18-17-36(26(40)20-35-15-11-23(38)12-16-35)14-7-10-25(39)31-24(13-19-42-3)30(41)32-27/h4-6,8-9,11-12,15-16,21,24,27H,7,10,13-14,17-20H2,1-3H3,(H,31,39)(H,32,41)/t24-,27+/m0/s1. The number of amides is 3. The molecular formula is C30H39N7O4S. The summed E-state index contributed by atoms with van der Waals surface area (Å²) in [5, 5.41) is 10.9. The zero-order valence-corrected chi connectivity index (χ0v) is 25.2. The van der Waals surface area contributed by atoms with E-state index < -0.39 is 12.1 Å². The first-order valence-electron chi connectivity index (χ1n) is 14.3. The Morgan fingerprint density at radius 3 is 2.45 bits per heavy atom. The van der Waals surface area contributed by atoms with Gasteiger partial charge in [-0.1, -0.05) is 44.2 Å². The number of pyridine rings is 1. The summed E-state index contributed by atoms with van der Waals surface area (Å²) >= 11 is 1.61. The van der Waals surface area contributed by atoms with E-state index in [0.717, 1.165) is 5.56 Å². The van der Waals surface area contributed by atoms with E-state index in [4.69, 9.17) is 10.1 Å². The third-order valence-corrected chi connectivity index (χ3v) is 7.83. The molecule has 0 aliphatic carbocycles. The van der Waals surface area contributed by atoms with Crippen LogP contribution in [-0.2, 0) is 27.5 Å². The summed E-state index contributed by atoms with van der Waals surface area (Å²) in [4.78, 5) is 57.9. The van der Waals surface area contributed by atoms with Crippen LogP contribution in [0.3, 0.4) is 0 Å². The Kier molecular flexibility index (Phi) is 10.9. The first-order valence-corrected chi connectivity index (χ1v) is 15.7. The summed E-state index contributed by atoms with van der Waals surface area (Å²) < 4.78 is 3.45. The smallest absolute Gasteiger partial charge is 0.243 e. The van der Waals surface area contributed by atoms with E-state index >= 15 is 0 Å². The van der Waals surface area contributed by atoms with Gasteiger partial charge in [-0.05, 0) is 30.8 Å². The molecule has 2 N–H and O–H groups in total. The highest BCUT2D eigenvalue weighted by Gasteiger charge is 2.30. The molecule has 1 aliphatic heterocycles. The average Bonchev–Trinajstić information content (AvgIpc) is 3.40. The Hall–Kier alpha value is -3.93. The van der Waals surface area contributed by atoms with Crippen molar-refractivity contribution in [1.29, 1.82) is 0 Å². The van der Waals surface area contributed by atoms with Crippen molar-refractivity contribution < 1.29 is 14.4 Å². The van der Waals surface area contributed by atoms with Crippen LogP contribution in [0.25, 0.3) is 11.4 Å². The molecule has 0 fully saturated rings. The number of nitrogens with one attached hydrogen (secondary N) is 2. The number of thioether (sulfide) groups is 1. The lowest BCUT2D eigenvalue weighted by Crippen LogP contribution is -2.49. The topological polar surface area (TPSA) is 131 Å². The molecule has 224 valence electrons. The summed E-state index contributed by atoms with van der Waals surface area (Å²) in [6.45, 7) is 5.12. The molecule has 11 nitrogen and oxygen atoms in total. The van der Waals surface area contributed by atoms with Gasteiger partial charge in [0, 0.05) is 49.6 Å². The van der Waals surface area contributed by atoms with Crippen molar-refractivity contribution in [3.8, 4) is 11.4 Å². The van der Waals surface area contributed by atoms with Crippen molar-refractivity contribution in [2.24, 2.45) is 5.92 Å². The van der Waals surface area contributed by atoms with Crippen LogP contribution in [0.15, 0.2) is 59.7 Å². The monoisotopic (exact) mass is 593 g/mol. The molecule has 1 aliphatic rings. The second-order valence-electron chi connectivity index (χ2n) is 10.7. The van der Waals surface area contributed by atoms with Crippen LogP contribution in [0.4, 0.5) is 0 Å². The van der Waals surface area contributed by atoms with Crippen LogP contribution in [0.1, 0.15) is 45.0 Å². The molecule has 3 aromatic rings. The highest BCUT2D eigenvalue weighted by Crippen LogP contribution is 2.24. The Labute approximate surface area is 250 Å². The van der Waals surface area contributed by atoms with Crippen molar-refractivity contribution in [3.05, 3.63) is 70.9 Å². The number of hydrogen-bond donors (Lipinski definition) is 2. The zero-order valence-electron chi connectivity index (χ0n) is 24.4. The minimum atomic E-state index is -0.683. The van der Waals surface area contributed by atoms with Crippen LogP contribution in [0, 0.1) is 5.92 Å². The van der Waals surface area contributed by atoms with Gasteiger partial charge in [0.2, 0.25) is 17.7 Å². The Morgan fingerprint density at radius 2 is 1.76 bits per heavy atom. The van der Waals surface area contributed by atoms with Gasteiger partial charge in [0.05, 0.1) is 12.6 Å². The fourth-order valence-electron chi connectivity index (χ4n) is 4.82. The van der Waals surface area contributed by atoms with E-state index in [2.05, 4.69) is 10.6 Å². The summed E-state index contributed by atoms with van der Waals surface area (Å²) in [6.07, 6.45) is 6.26. The second-order valence-corrected chi connectivity index (χ2v) is 11.7. The van der Waals surface area contributed by atoms with Crippen LogP contribution < -0.4 is 16.1 Å². The first-order chi connectivity index (χ1) is 20.2. The predicted molar refractivity (Wildman–Crippen MR) is 163 cm³/mol. The number of rotatable bonds is 7. The van der Waals surface area contributed by atoms with E-state index in [-0.39, 0.29) is 42.0 Å². The second kappa shape index (κ2) is 14.8. The molecule has 0 saturated heterocycles. The van der Waals surface area contributed by atoms with Gasteiger partial charge in [-0.2, -0.15) is 16.9 Å². The number of carbonyl (C=O) groups is 3. The summed E-state index contributed by atoms with van der Waals surface area (Å²) in [5.41, 5.74) is 0.721. The largest absolute Gasteiger partial charge is 0.345 e. The first kappa shape index (κ1) is 31.0. The van der Waals surface area contributed by atoms with Crippen molar-refractivity contribution in [2.45, 2.75) is 58.3 Å². The van der Waals surface area contributed by atoms with Crippen molar-refractivity contribution in [2.75, 3.05) is 25.1 Å². The molecule has 0 unspecified atom stereocenters. The highest BCUT2D eigenvalue weighted by atomic mass is 32.2. The maximum atomic E-state index is 13.5. The fourth-order valence-corrected chi connectivity index (χ4v) is 5.30. The van der Waals surface area contributed by atoms with Crippen LogP contribution >= 0.6 is 11.8 Å². The highest BCUT2D eigenvalue weighted by molar-refractivity contribution is 7.98. The molecule has 3 heterocycles. The lowest BCUT2D eigenvalue weighted by atomic mass is 10.0. The Balaban J connectivity index is 1.69. The number of carbonyl (C=O) groups excluding carboxylic acids is 3. The minimum absolute atomic E-state index is 0.0246. The van der Waals surface area contributed by atoms with Gasteiger partial charge in [-0.25, -0.2) is 9.67 Å². The van der Waals surface area contributed by atoms with Gasteiger partial charge < -0.3 is 20.1 Å². The normalized spacial score (nSPS) is 18.6. The number of aromatic nitrogens is 4. The van der Waals surface area contributed by atoms with Gasteiger partial charge in [0.1, 0.15) is 12.6 Å². The molecule has 0 bridgehead atoms. The molecule has 4 rings (SSSR count). The van der Waals surface area contributed by atoms with Crippen LogP contribution in [-0.4, -0.2) is 73.1 Å². The predicted octanol–water partition coefficient (Wildman–Crippen LogP) is 2.48. The lowest BCUT2D eigenvalue weighted by Gasteiger charge is -2.28.